The van der Waals surface area contributed by atoms with Crippen LogP contribution in [-0.2, 0) is 0 Å². The maximum absolute atomic E-state index is 12.0. The number of nitrogens with zero attached hydrogens (tertiary/aromatic N) is 4. The van der Waals surface area contributed by atoms with Gasteiger partial charge < -0.3 is 4.90 Å². The summed E-state index contributed by atoms with van der Waals surface area (Å²) in [4.78, 5) is 15.6. The average molecular weight is 277 g/mol. The quantitative estimate of drug-likeness (QED) is 0.915. The van der Waals surface area contributed by atoms with Gasteiger partial charge in [0.2, 0.25) is 0 Å². The third kappa shape index (κ3) is 2.76. The van der Waals surface area contributed by atoms with Crippen LogP contribution in [0.25, 0.3) is 0 Å². The number of piperidine rings is 1. The van der Waals surface area contributed by atoms with Crippen molar-refractivity contribution in [1.82, 2.24) is 19.9 Å². The molecule has 0 unspecified atom stereocenters. The van der Waals surface area contributed by atoms with Crippen LogP contribution in [0.5, 0.6) is 0 Å². The second kappa shape index (κ2) is 5.40. The fourth-order valence-electron chi connectivity index (χ4n) is 2.25. The van der Waals surface area contributed by atoms with Gasteiger partial charge in [0, 0.05) is 13.1 Å². The Labute approximate surface area is 115 Å². The molecular formula is C12H15N5OS. The first kappa shape index (κ1) is 12.2. The first-order valence-corrected chi connectivity index (χ1v) is 7.16. The van der Waals surface area contributed by atoms with Crippen LogP contribution in [0.3, 0.4) is 0 Å². The van der Waals surface area contributed by atoms with Crippen molar-refractivity contribution >= 4 is 22.4 Å². The number of amides is 2. The summed E-state index contributed by atoms with van der Waals surface area (Å²) >= 11 is 1.53. The van der Waals surface area contributed by atoms with Crippen molar-refractivity contribution in [2.24, 2.45) is 0 Å². The minimum absolute atomic E-state index is 0.0191. The molecule has 0 bridgehead atoms. The van der Waals surface area contributed by atoms with Gasteiger partial charge in [0.05, 0.1) is 23.4 Å². The molecule has 1 fully saturated rings. The maximum Gasteiger partial charge on any atom is 0.322 e. The first-order chi connectivity index (χ1) is 9.33. The zero-order valence-corrected chi connectivity index (χ0v) is 11.2. The summed E-state index contributed by atoms with van der Waals surface area (Å²) in [7, 11) is 0. The summed E-state index contributed by atoms with van der Waals surface area (Å²) in [5.74, 6) is 0. The normalized spacial score (nSPS) is 16.5. The van der Waals surface area contributed by atoms with Crippen molar-refractivity contribution in [3.8, 4) is 0 Å². The van der Waals surface area contributed by atoms with Gasteiger partial charge in [0.15, 0.2) is 0 Å². The molecule has 100 valence electrons. The Morgan fingerprint density at radius 3 is 2.68 bits per heavy atom. The summed E-state index contributed by atoms with van der Waals surface area (Å²) in [6.45, 7) is 1.48. The molecule has 19 heavy (non-hydrogen) atoms. The Hall–Kier alpha value is -1.89. The molecule has 1 saturated heterocycles. The lowest BCUT2D eigenvalue weighted by Gasteiger charge is -2.31. The maximum atomic E-state index is 12.0. The predicted molar refractivity (Wildman–Crippen MR) is 73.2 cm³/mol. The van der Waals surface area contributed by atoms with E-state index in [9.17, 15) is 4.79 Å². The molecular weight excluding hydrogens is 262 g/mol. The third-order valence-corrected chi connectivity index (χ3v) is 4.05. The van der Waals surface area contributed by atoms with Crippen molar-refractivity contribution in [2.75, 3.05) is 18.4 Å². The van der Waals surface area contributed by atoms with Gasteiger partial charge in [0.25, 0.3) is 0 Å². The van der Waals surface area contributed by atoms with Crippen LogP contribution >= 0.6 is 11.3 Å². The highest BCUT2D eigenvalue weighted by Crippen LogP contribution is 2.22. The van der Waals surface area contributed by atoms with Crippen molar-refractivity contribution in [3.05, 3.63) is 29.9 Å². The third-order valence-electron chi connectivity index (χ3n) is 3.27. The van der Waals surface area contributed by atoms with Crippen LogP contribution in [-0.4, -0.2) is 39.0 Å². The number of aromatic nitrogens is 3. The molecule has 1 aliphatic rings. The summed E-state index contributed by atoms with van der Waals surface area (Å²) in [6.07, 6.45) is 5.17. The van der Waals surface area contributed by atoms with E-state index in [4.69, 9.17) is 0 Å². The number of hydrogen-bond acceptors (Lipinski definition) is 4. The lowest BCUT2D eigenvalue weighted by Crippen LogP contribution is -2.41. The first-order valence-electron chi connectivity index (χ1n) is 6.28. The zero-order valence-electron chi connectivity index (χ0n) is 10.4. The number of likely N-dealkylation sites (tertiary alicyclic amines) is 1. The van der Waals surface area contributed by atoms with Gasteiger partial charge in [-0.15, -0.1) is 11.3 Å². The van der Waals surface area contributed by atoms with E-state index in [1.807, 2.05) is 22.4 Å². The molecule has 7 heteroatoms. The molecule has 2 aromatic rings. The zero-order chi connectivity index (χ0) is 13.1. The van der Waals surface area contributed by atoms with E-state index in [1.54, 1.807) is 17.2 Å². The smallest absolute Gasteiger partial charge is 0.322 e. The largest absolute Gasteiger partial charge is 0.324 e. The molecule has 2 amide bonds. The number of rotatable bonds is 2. The molecule has 1 aliphatic heterocycles. The Kier molecular flexibility index (Phi) is 3.45. The van der Waals surface area contributed by atoms with E-state index >= 15 is 0 Å². The number of anilines is 1. The van der Waals surface area contributed by atoms with E-state index in [0.29, 0.717) is 6.04 Å². The summed E-state index contributed by atoms with van der Waals surface area (Å²) < 4.78 is 0. The van der Waals surface area contributed by atoms with E-state index < -0.39 is 0 Å². The highest BCUT2D eigenvalue weighted by Gasteiger charge is 2.24. The fourth-order valence-corrected chi connectivity index (χ4v) is 2.86. The molecule has 3 heterocycles. The number of carbonyl (C=O) groups is 1. The Balaban J connectivity index is 1.54. The highest BCUT2D eigenvalue weighted by molar-refractivity contribution is 7.14. The van der Waals surface area contributed by atoms with Crippen molar-refractivity contribution in [2.45, 2.75) is 18.9 Å². The van der Waals surface area contributed by atoms with Crippen LogP contribution < -0.4 is 5.32 Å². The lowest BCUT2D eigenvalue weighted by molar-refractivity contribution is 0.175. The van der Waals surface area contributed by atoms with Gasteiger partial charge in [-0.25, -0.2) is 4.79 Å². The number of hydrogen-bond donors (Lipinski definition) is 1. The molecule has 0 radical (unpaired) electrons. The lowest BCUT2D eigenvalue weighted by atomic mass is 10.1. The van der Waals surface area contributed by atoms with Gasteiger partial charge in [0.1, 0.15) is 0 Å². The molecule has 0 saturated carbocycles. The van der Waals surface area contributed by atoms with Crippen molar-refractivity contribution in [3.63, 3.8) is 0 Å². The van der Waals surface area contributed by atoms with Crippen LogP contribution in [0.15, 0.2) is 29.9 Å². The van der Waals surface area contributed by atoms with Crippen LogP contribution in [0.4, 0.5) is 9.80 Å². The monoisotopic (exact) mass is 277 g/mol. The van der Waals surface area contributed by atoms with E-state index in [1.165, 1.54) is 11.3 Å². The molecule has 2 aromatic heterocycles. The predicted octanol–water partition coefficient (Wildman–Crippen LogP) is 2.21. The molecule has 3 rings (SSSR count). The molecule has 0 aromatic carbocycles. The second-order valence-corrected chi connectivity index (χ2v) is 5.42. The van der Waals surface area contributed by atoms with Crippen LogP contribution in [0.1, 0.15) is 18.9 Å². The summed E-state index contributed by atoms with van der Waals surface area (Å²) in [6, 6.07) is 4.12. The van der Waals surface area contributed by atoms with Crippen LogP contribution in [0, 0.1) is 0 Å². The topological polar surface area (TPSA) is 63.1 Å². The molecule has 6 nitrogen and oxygen atoms in total. The second-order valence-electron chi connectivity index (χ2n) is 4.48. The van der Waals surface area contributed by atoms with Crippen molar-refractivity contribution < 1.29 is 4.79 Å². The fraction of sp³-hybridized carbons (Fsp3) is 0.417. The standard InChI is InChI=1S/C12H15N5OS/c18-12(15-11-2-1-9-19-11)16-7-3-10(4-8-16)17-13-5-6-14-17/h1-2,5-6,9-10H,3-4,7-8H2,(H,15,18). The Bertz CT molecular complexity index is 516. The summed E-state index contributed by atoms with van der Waals surface area (Å²) in [5.41, 5.74) is 0. The number of thiophene rings is 1. The Morgan fingerprint density at radius 2 is 2.05 bits per heavy atom. The minimum Gasteiger partial charge on any atom is -0.324 e. The van der Waals surface area contributed by atoms with Gasteiger partial charge >= 0.3 is 6.03 Å². The summed E-state index contributed by atoms with van der Waals surface area (Å²) in [5, 5.41) is 14.1. The minimum atomic E-state index is -0.0191. The van der Waals surface area contributed by atoms with Crippen LogP contribution in [0.2, 0.25) is 0 Å². The average Bonchev–Trinajstić information content (AvgIpc) is 3.12. The molecule has 0 atom stereocenters. The van der Waals surface area contributed by atoms with E-state index in [-0.39, 0.29) is 6.03 Å². The van der Waals surface area contributed by atoms with Gasteiger partial charge in [-0.05, 0) is 30.4 Å². The molecule has 0 aliphatic carbocycles. The van der Waals surface area contributed by atoms with Gasteiger partial charge in [-0.1, -0.05) is 0 Å². The molecule has 1 N–H and O–H groups in total. The number of carbonyl (C=O) groups excluding carboxylic acids is 1. The van der Waals surface area contributed by atoms with Gasteiger partial charge in [-0.3, -0.25) is 5.32 Å². The van der Waals surface area contributed by atoms with Crippen molar-refractivity contribution in [1.29, 1.82) is 0 Å². The number of nitrogens with one attached hydrogen (secondary N) is 1. The van der Waals surface area contributed by atoms with Gasteiger partial charge in [-0.2, -0.15) is 15.0 Å². The molecule has 0 spiro atoms. The highest BCUT2D eigenvalue weighted by atomic mass is 32.1. The Morgan fingerprint density at radius 1 is 1.32 bits per heavy atom. The van der Waals surface area contributed by atoms with E-state index in [2.05, 4.69) is 15.5 Å². The number of urea groups is 1. The van der Waals surface area contributed by atoms with E-state index in [0.717, 1.165) is 30.9 Å². The SMILES string of the molecule is O=C(Nc1cccs1)N1CCC(n2nccn2)CC1.